The Kier molecular flexibility index (Phi) is 8.14. The third kappa shape index (κ3) is 4.83. The van der Waals surface area contributed by atoms with E-state index in [2.05, 4.69) is 36.1 Å². The minimum absolute atomic E-state index is 0. The van der Waals surface area contributed by atoms with E-state index in [-0.39, 0.29) is 24.4 Å². The molecule has 0 aliphatic carbocycles. The van der Waals surface area contributed by atoms with E-state index in [9.17, 15) is 0 Å². The van der Waals surface area contributed by atoms with Gasteiger partial charge in [-0.2, -0.15) is 0 Å². The molecule has 0 amide bonds. The van der Waals surface area contributed by atoms with Crippen molar-refractivity contribution in [2.45, 2.75) is 50.6 Å². The van der Waals surface area contributed by atoms with E-state index in [4.69, 9.17) is 26.8 Å². The molecule has 170 valence electrons. The summed E-state index contributed by atoms with van der Waals surface area (Å²) in [6, 6.07) is 13.2. The first-order valence-corrected chi connectivity index (χ1v) is 11.4. The van der Waals surface area contributed by atoms with Gasteiger partial charge in [0, 0.05) is 36.1 Å². The van der Waals surface area contributed by atoms with Crippen LogP contribution in [0, 0.1) is 5.92 Å². The van der Waals surface area contributed by atoms with Crippen LogP contribution >= 0.6 is 24.0 Å². The summed E-state index contributed by atoms with van der Waals surface area (Å²) in [6.07, 6.45) is 4.68. The predicted octanol–water partition coefficient (Wildman–Crippen LogP) is 5.81. The molecule has 0 radical (unpaired) electrons. The maximum atomic E-state index is 6.68. The van der Waals surface area contributed by atoms with Gasteiger partial charge in [0.05, 0.1) is 14.2 Å². The number of benzene rings is 2. The number of piperidine rings is 1. The molecule has 1 fully saturated rings. The average Bonchev–Trinajstić information content (AvgIpc) is 2.77. The van der Waals surface area contributed by atoms with Gasteiger partial charge in [-0.05, 0) is 59.7 Å². The molecular formula is C25H34Cl2N2O2. The first-order valence-electron chi connectivity index (χ1n) is 11.1. The first-order chi connectivity index (χ1) is 14.5. The van der Waals surface area contributed by atoms with Crippen molar-refractivity contribution in [3.63, 3.8) is 0 Å². The van der Waals surface area contributed by atoms with Gasteiger partial charge in [-0.1, -0.05) is 43.5 Å². The fourth-order valence-electron chi connectivity index (χ4n) is 5.27. The number of methoxy groups -OCH3 is 2. The topological polar surface area (TPSA) is 47.7 Å². The van der Waals surface area contributed by atoms with E-state index in [0.29, 0.717) is 12.0 Å². The van der Waals surface area contributed by atoms with Crippen LogP contribution in [0.5, 0.6) is 11.5 Å². The van der Waals surface area contributed by atoms with E-state index < -0.39 is 0 Å². The zero-order valence-electron chi connectivity index (χ0n) is 18.6. The van der Waals surface area contributed by atoms with Crippen LogP contribution in [0.1, 0.15) is 61.3 Å². The van der Waals surface area contributed by atoms with Gasteiger partial charge in [-0.3, -0.25) is 4.90 Å². The number of rotatable bonds is 6. The second kappa shape index (κ2) is 10.4. The molecule has 0 aromatic heterocycles. The second-order valence-electron chi connectivity index (χ2n) is 8.71. The number of nitrogens with zero attached hydrogens (tertiary/aromatic N) is 1. The van der Waals surface area contributed by atoms with Crippen molar-refractivity contribution in [3.8, 4) is 11.5 Å². The highest BCUT2D eigenvalue weighted by Gasteiger charge is 2.41. The smallest absolute Gasteiger partial charge is 0.161 e. The lowest BCUT2D eigenvalue weighted by atomic mass is 9.75. The monoisotopic (exact) mass is 464 g/mol. The van der Waals surface area contributed by atoms with E-state index in [1.807, 2.05) is 12.1 Å². The largest absolute Gasteiger partial charge is 0.493 e. The van der Waals surface area contributed by atoms with Crippen LogP contribution in [-0.4, -0.2) is 38.3 Å². The number of unbranched alkanes of at least 4 members (excludes halogenated alkanes) is 1. The van der Waals surface area contributed by atoms with Crippen molar-refractivity contribution in [3.05, 3.63) is 58.1 Å². The normalized spacial score (nSPS) is 25.2. The van der Waals surface area contributed by atoms with Crippen LogP contribution < -0.4 is 15.2 Å². The lowest BCUT2D eigenvalue weighted by Crippen LogP contribution is -2.51. The van der Waals surface area contributed by atoms with Crippen LogP contribution in [0.15, 0.2) is 36.4 Å². The molecular weight excluding hydrogens is 431 g/mol. The van der Waals surface area contributed by atoms with Crippen molar-refractivity contribution in [1.29, 1.82) is 0 Å². The summed E-state index contributed by atoms with van der Waals surface area (Å²) >= 11 is 6.17. The molecule has 0 unspecified atom stereocenters. The number of halogens is 2. The third-order valence-electron chi connectivity index (χ3n) is 6.95. The van der Waals surface area contributed by atoms with E-state index in [1.165, 1.54) is 36.0 Å². The third-order valence-corrected chi connectivity index (χ3v) is 7.20. The number of nitrogens with two attached hydrogens (primary N) is 1. The molecule has 2 heterocycles. The van der Waals surface area contributed by atoms with Gasteiger partial charge in [-0.15, -0.1) is 12.4 Å². The zero-order valence-corrected chi connectivity index (χ0v) is 20.2. The SMILES string of the molecule is CCCC[C@@H]1CN2C[C@H](c3ccc(Cl)cc3)c3cc(OC)c(OC)cc3[C@H]2C[C@H]1N.Cl. The summed E-state index contributed by atoms with van der Waals surface area (Å²) in [7, 11) is 3.40. The molecule has 4 rings (SSSR count). The number of hydrogen-bond acceptors (Lipinski definition) is 4. The molecule has 2 aromatic rings. The van der Waals surface area contributed by atoms with E-state index in [1.54, 1.807) is 14.2 Å². The molecule has 2 aliphatic heterocycles. The van der Waals surface area contributed by atoms with Crippen molar-refractivity contribution in [1.82, 2.24) is 4.90 Å². The standard InChI is InChI=1S/C25H33ClN2O2.ClH/c1-4-5-6-17-14-28-15-21(16-7-9-18(26)10-8-16)19-11-24(29-2)25(30-3)12-20(19)23(28)13-22(17)27;/h7-12,17,21-23H,4-6,13-15,27H2,1-3H3;1H/t17-,21-,22-,23-;/m1./s1. The summed E-state index contributed by atoms with van der Waals surface area (Å²) in [6.45, 7) is 4.30. The van der Waals surface area contributed by atoms with E-state index >= 15 is 0 Å². The van der Waals surface area contributed by atoms with Crippen molar-refractivity contribution >= 4 is 24.0 Å². The molecule has 4 atom stereocenters. The van der Waals surface area contributed by atoms with Crippen LogP contribution in [0.3, 0.4) is 0 Å². The molecule has 1 saturated heterocycles. The Balaban J connectivity index is 0.00000272. The minimum Gasteiger partial charge on any atom is -0.493 e. The second-order valence-corrected chi connectivity index (χ2v) is 9.15. The Hall–Kier alpha value is -1.46. The quantitative estimate of drug-likeness (QED) is 0.585. The van der Waals surface area contributed by atoms with Crippen LogP contribution in [0.2, 0.25) is 5.02 Å². The maximum Gasteiger partial charge on any atom is 0.161 e. The molecule has 0 spiro atoms. The molecule has 2 N–H and O–H groups in total. The summed E-state index contributed by atoms with van der Waals surface area (Å²) in [5, 5.41) is 0.767. The van der Waals surface area contributed by atoms with Crippen LogP contribution in [0.4, 0.5) is 0 Å². The average molecular weight is 465 g/mol. The first kappa shape index (κ1) is 24.2. The molecule has 31 heavy (non-hydrogen) atoms. The highest BCUT2D eigenvalue weighted by Crippen LogP contribution is 2.48. The summed E-state index contributed by atoms with van der Waals surface area (Å²) < 4.78 is 11.3. The Morgan fingerprint density at radius 2 is 1.68 bits per heavy atom. The van der Waals surface area contributed by atoms with Crippen LogP contribution in [0.25, 0.3) is 0 Å². The number of fused-ring (bicyclic) bond motifs is 3. The fraction of sp³-hybridized carbons (Fsp3) is 0.520. The number of hydrogen-bond donors (Lipinski definition) is 1. The summed E-state index contributed by atoms with van der Waals surface area (Å²) in [5.74, 6) is 2.41. The lowest BCUT2D eigenvalue weighted by Gasteiger charge is -2.48. The van der Waals surface area contributed by atoms with Crippen molar-refractivity contribution < 1.29 is 9.47 Å². The maximum absolute atomic E-state index is 6.68. The summed E-state index contributed by atoms with van der Waals surface area (Å²) in [4.78, 5) is 2.65. The molecule has 0 bridgehead atoms. The molecule has 6 heteroatoms. The van der Waals surface area contributed by atoms with Gasteiger partial charge < -0.3 is 15.2 Å². The zero-order chi connectivity index (χ0) is 21.3. The van der Waals surface area contributed by atoms with Gasteiger partial charge in [-0.25, -0.2) is 0 Å². The Labute approximate surface area is 197 Å². The number of ether oxygens (including phenoxy) is 2. The molecule has 4 nitrogen and oxygen atoms in total. The minimum atomic E-state index is 0. The highest BCUT2D eigenvalue weighted by atomic mass is 35.5. The fourth-order valence-corrected chi connectivity index (χ4v) is 5.40. The van der Waals surface area contributed by atoms with Gasteiger partial charge >= 0.3 is 0 Å². The Morgan fingerprint density at radius 3 is 2.29 bits per heavy atom. The van der Waals surface area contributed by atoms with Gasteiger partial charge in [0.2, 0.25) is 0 Å². The summed E-state index contributed by atoms with van der Waals surface area (Å²) in [5.41, 5.74) is 10.6. The van der Waals surface area contributed by atoms with Crippen molar-refractivity contribution in [2.24, 2.45) is 11.7 Å². The predicted molar refractivity (Wildman–Crippen MR) is 130 cm³/mol. The van der Waals surface area contributed by atoms with E-state index in [0.717, 1.165) is 36.0 Å². The van der Waals surface area contributed by atoms with Gasteiger partial charge in [0.1, 0.15) is 0 Å². The highest BCUT2D eigenvalue weighted by molar-refractivity contribution is 6.30. The van der Waals surface area contributed by atoms with Gasteiger partial charge in [0.15, 0.2) is 11.5 Å². The molecule has 0 saturated carbocycles. The van der Waals surface area contributed by atoms with Crippen LogP contribution in [-0.2, 0) is 0 Å². The lowest BCUT2D eigenvalue weighted by molar-refractivity contribution is 0.0728. The van der Waals surface area contributed by atoms with Gasteiger partial charge in [0.25, 0.3) is 0 Å². The van der Waals surface area contributed by atoms with Crippen molar-refractivity contribution in [2.75, 3.05) is 27.3 Å². The Bertz CT molecular complexity index is 875. The molecule has 2 aromatic carbocycles. The molecule has 2 aliphatic rings. The Morgan fingerprint density at radius 1 is 1.03 bits per heavy atom.